The summed E-state index contributed by atoms with van der Waals surface area (Å²) in [5.74, 6) is 0.417. The predicted octanol–water partition coefficient (Wildman–Crippen LogP) is 5.80. The normalized spacial score (nSPS) is 11.1. The summed E-state index contributed by atoms with van der Waals surface area (Å²) in [6, 6.07) is 12.7. The average Bonchev–Trinajstić information content (AvgIpc) is 2.53. The van der Waals surface area contributed by atoms with E-state index in [1.807, 2.05) is 6.07 Å². The molecular weight excluding hydrogens is 321 g/mol. The lowest BCUT2D eigenvalue weighted by atomic mass is 9.92. The number of benzene rings is 2. The van der Waals surface area contributed by atoms with Gasteiger partial charge in [-0.2, -0.15) is 0 Å². The lowest BCUT2D eigenvalue weighted by Crippen LogP contribution is -2.17. The highest BCUT2D eigenvalue weighted by Crippen LogP contribution is 2.32. The molecule has 0 aromatic heterocycles. The van der Waals surface area contributed by atoms with Gasteiger partial charge >= 0.3 is 0 Å². The fraction of sp³-hybridized carbons (Fsp3) is 0.350. The first-order valence-electron chi connectivity index (χ1n) is 8.20. The average molecular weight is 345 g/mol. The zero-order valence-corrected chi connectivity index (χ0v) is 15.4. The zero-order chi connectivity index (χ0) is 17.7. The largest absolute Gasteiger partial charge is 0.325 e. The molecule has 0 atom stereocenters. The highest BCUT2D eigenvalue weighted by atomic mass is 32.2. The number of halogens is 1. The highest BCUT2D eigenvalue weighted by molar-refractivity contribution is 8.00. The molecule has 0 fully saturated rings. The first-order chi connectivity index (χ1) is 11.4. The molecule has 2 aromatic rings. The van der Waals surface area contributed by atoms with Gasteiger partial charge in [0.2, 0.25) is 5.91 Å². The third kappa shape index (κ3) is 4.60. The number of amides is 1. The molecule has 1 N–H and O–H groups in total. The molecule has 0 aliphatic heterocycles. The fourth-order valence-electron chi connectivity index (χ4n) is 2.58. The molecule has 0 spiro atoms. The number of para-hydroxylation sites is 1. The summed E-state index contributed by atoms with van der Waals surface area (Å²) in [5, 5.41) is 3.05. The van der Waals surface area contributed by atoms with Crippen LogP contribution in [0.1, 0.15) is 50.7 Å². The van der Waals surface area contributed by atoms with Crippen LogP contribution in [0.25, 0.3) is 0 Å². The minimum atomic E-state index is -0.291. The van der Waals surface area contributed by atoms with Crippen LogP contribution in [0.15, 0.2) is 47.4 Å². The first kappa shape index (κ1) is 18.5. The molecule has 0 unspecified atom stereocenters. The quantitative estimate of drug-likeness (QED) is 0.670. The molecule has 4 heteroatoms. The number of anilines is 1. The molecule has 0 saturated heterocycles. The Morgan fingerprint density at radius 2 is 1.58 bits per heavy atom. The SMILES string of the molecule is CC(C)c1cccc(C(C)C)c1NC(=O)CSc1ccccc1F. The van der Waals surface area contributed by atoms with Gasteiger partial charge in [-0.15, -0.1) is 11.8 Å². The molecular formula is C20H24FNOS. The Bertz CT molecular complexity index is 686. The molecule has 0 bridgehead atoms. The fourth-order valence-corrected chi connectivity index (χ4v) is 3.32. The van der Waals surface area contributed by atoms with E-state index in [-0.39, 0.29) is 17.5 Å². The molecule has 2 rings (SSSR count). The number of carbonyl (C=O) groups is 1. The summed E-state index contributed by atoms with van der Waals surface area (Å²) >= 11 is 1.22. The Labute approximate surface area is 147 Å². The Kier molecular flexibility index (Phi) is 6.44. The van der Waals surface area contributed by atoms with Gasteiger partial charge in [-0.1, -0.05) is 58.0 Å². The maximum atomic E-state index is 13.7. The molecule has 0 aliphatic carbocycles. The van der Waals surface area contributed by atoms with Crippen LogP contribution < -0.4 is 5.32 Å². The van der Waals surface area contributed by atoms with Crippen molar-refractivity contribution in [2.45, 2.75) is 44.4 Å². The second kappa shape index (κ2) is 8.34. The van der Waals surface area contributed by atoms with Crippen molar-refractivity contribution >= 4 is 23.4 Å². The van der Waals surface area contributed by atoms with Crippen LogP contribution in [0.5, 0.6) is 0 Å². The number of carbonyl (C=O) groups excluding carboxylic acids is 1. The van der Waals surface area contributed by atoms with E-state index in [2.05, 4.69) is 45.1 Å². The van der Waals surface area contributed by atoms with E-state index in [1.54, 1.807) is 18.2 Å². The molecule has 2 nitrogen and oxygen atoms in total. The number of thioether (sulfide) groups is 1. The monoisotopic (exact) mass is 345 g/mol. The molecule has 1 amide bonds. The van der Waals surface area contributed by atoms with Crippen molar-refractivity contribution < 1.29 is 9.18 Å². The van der Waals surface area contributed by atoms with E-state index < -0.39 is 0 Å². The number of rotatable bonds is 6. The molecule has 0 aliphatic rings. The van der Waals surface area contributed by atoms with Crippen LogP contribution in [0, 0.1) is 5.82 Å². The van der Waals surface area contributed by atoms with Crippen LogP contribution in [-0.4, -0.2) is 11.7 Å². The minimum absolute atomic E-state index is 0.113. The van der Waals surface area contributed by atoms with Crippen LogP contribution >= 0.6 is 11.8 Å². The Hall–Kier alpha value is -1.81. The van der Waals surface area contributed by atoms with Crippen molar-refractivity contribution in [3.63, 3.8) is 0 Å². The molecule has 0 radical (unpaired) electrons. The number of hydrogen-bond acceptors (Lipinski definition) is 2. The van der Waals surface area contributed by atoms with Crippen LogP contribution in [0.3, 0.4) is 0 Å². The molecule has 0 heterocycles. The summed E-state index contributed by atoms with van der Waals surface area (Å²) < 4.78 is 13.7. The van der Waals surface area contributed by atoms with E-state index >= 15 is 0 Å². The van der Waals surface area contributed by atoms with Gasteiger partial charge in [0, 0.05) is 10.6 Å². The van der Waals surface area contributed by atoms with Crippen molar-refractivity contribution in [3.8, 4) is 0 Å². The maximum Gasteiger partial charge on any atom is 0.234 e. The number of hydrogen-bond donors (Lipinski definition) is 1. The molecule has 2 aromatic carbocycles. The van der Waals surface area contributed by atoms with Gasteiger partial charge in [-0.3, -0.25) is 4.79 Å². The van der Waals surface area contributed by atoms with Gasteiger partial charge in [0.15, 0.2) is 0 Å². The summed E-state index contributed by atoms with van der Waals surface area (Å²) in [5.41, 5.74) is 3.16. The van der Waals surface area contributed by atoms with Gasteiger partial charge in [0.25, 0.3) is 0 Å². The summed E-state index contributed by atoms with van der Waals surface area (Å²) in [6.07, 6.45) is 0. The third-order valence-electron chi connectivity index (χ3n) is 3.83. The second-order valence-electron chi connectivity index (χ2n) is 6.39. The Balaban J connectivity index is 2.15. The lowest BCUT2D eigenvalue weighted by molar-refractivity contribution is -0.113. The van der Waals surface area contributed by atoms with Gasteiger partial charge in [0.1, 0.15) is 5.82 Å². The van der Waals surface area contributed by atoms with Crippen LogP contribution in [-0.2, 0) is 4.79 Å². The predicted molar refractivity (Wildman–Crippen MR) is 100 cm³/mol. The van der Waals surface area contributed by atoms with E-state index in [0.717, 1.165) is 16.8 Å². The Morgan fingerprint density at radius 3 is 2.12 bits per heavy atom. The Morgan fingerprint density at radius 1 is 1.00 bits per heavy atom. The third-order valence-corrected chi connectivity index (χ3v) is 4.88. The van der Waals surface area contributed by atoms with Gasteiger partial charge in [-0.25, -0.2) is 4.39 Å². The maximum absolute atomic E-state index is 13.7. The van der Waals surface area contributed by atoms with E-state index in [0.29, 0.717) is 16.7 Å². The summed E-state index contributed by atoms with van der Waals surface area (Å²) in [4.78, 5) is 12.9. The number of nitrogens with one attached hydrogen (secondary N) is 1. The lowest BCUT2D eigenvalue weighted by Gasteiger charge is -2.20. The van der Waals surface area contributed by atoms with Crippen molar-refractivity contribution in [1.29, 1.82) is 0 Å². The van der Waals surface area contributed by atoms with Gasteiger partial charge in [0.05, 0.1) is 5.75 Å². The van der Waals surface area contributed by atoms with Gasteiger partial charge < -0.3 is 5.32 Å². The van der Waals surface area contributed by atoms with Gasteiger partial charge in [-0.05, 0) is 35.1 Å². The zero-order valence-electron chi connectivity index (χ0n) is 14.6. The second-order valence-corrected chi connectivity index (χ2v) is 7.41. The van der Waals surface area contributed by atoms with E-state index in [4.69, 9.17) is 0 Å². The van der Waals surface area contributed by atoms with Crippen molar-refractivity contribution in [2.75, 3.05) is 11.1 Å². The summed E-state index contributed by atoms with van der Waals surface area (Å²) in [6.45, 7) is 8.46. The van der Waals surface area contributed by atoms with Crippen molar-refractivity contribution in [2.24, 2.45) is 0 Å². The molecule has 128 valence electrons. The standard InChI is InChI=1S/C20H24FNOS/c1-13(2)15-8-7-9-16(14(3)4)20(15)22-19(23)12-24-18-11-6-5-10-17(18)21/h5-11,13-14H,12H2,1-4H3,(H,22,23). The molecule has 24 heavy (non-hydrogen) atoms. The van der Waals surface area contributed by atoms with Crippen LogP contribution in [0.2, 0.25) is 0 Å². The molecule has 0 saturated carbocycles. The van der Waals surface area contributed by atoms with E-state index in [9.17, 15) is 9.18 Å². The smallest absolute Gasteiger partial charge is 0.234 e. The van der Waals surface area contributed by atoms with Crippen molar-refractivity contribution in [1.82, 2.24) is 0 Å². The minimum Gasteiger partial charge on any atom is -0.325 e. The first-order valence-corrected chi connectivity index (χ1v) is 9.18. The van der Waals surface area contributed by atoms with Crippen molar-refractivity contribution in [3.05, 3.63) is 59.4 Å². The van der Waals surface area contributed by atoms with Crippen LogP contribution in [0.4, 0.5) is 10.1 Å². The van der Waals surface area contributed by atoms with E-state index in [1.165, 1.54) is 17.8 Å². The topological polar surface area (TPSA) is 29.1 Å². The summed E-state index contributed by atoms with van der Waals surface area (Å²) in [7, 11) is 0. The highest BCUT2D eigenvalue weighted by Gasteiger charge is 2.16.